The zero-order chi connectivity index (χ0) is 16.7. The Morgan fingerprint density at radius 1 is 1.17 bits per heavy atom. The second-order valence-electron chi connectivity index (χ2n) is 5.05. The Morgan fingerprint density at radius 2 is 1.87 bits per heavy atom. The van der Waals surface area contributed by atoms with Gasteiger partial charge in [0.25, 0.3) is 0 Å². The third-order valence-corrected chi connectivity index (χ3v) is 5.40. The smallest absolute Gasteiger partial charge is 0.229 e. The molecular weight excluding hydrogens is 375 g/mol. The number of thiazole rings is 1. The Balaban J connectivity index is 2.22. The number of fused-ring (bicyclic) bond motifs is 1. The lowest BCUT2D eigenvalue weighted by molar-refractivity contribution is -0.118. The molecule has 0 radical (unpaired) electrons. The molecule has 3 nitrogen and oxygen atoms in total. The minimum Gasteiger partial charge on any atom is -0.369 e. The third kappa shape index (κ3) is 3.04. The van der Waals surface area contributed by atoms with E-state index in [1.165, 1.54) is 0 Å². The van der Waals surface area contributed by atoms with Crippen molar-refractivity contribution in [2.45, 2.75) is 12.8 Å². The number of carbonyl (C=O) groups excluding carboxylic acids is 1. The van der Waals surface area contributed by atoms with E-state index in [2.05, 4.69) is 4.98 Å². The van der Waals surface area contributed by atoms with E-state index in [0.717, 1.165) is 9.71 Å². The van der Waals surface area contributed by atoms with Gasteiger partial charge in [-0.05, 0) is 36.2 Å². The maximum Gasteiger partial charge on any atom is 0.229 e. The third-order valence-electron chi connectivity index (χ3n) is 3.50. The maximum atomic E-state index is 12.1. The lowest BCUT2D eigenvalue weighted by Crippen LogP contribution is -2.23. The molecule has 3 aromatic rings. The molecule has 0 fully saturated rings. The minimum absolute atomic E-state index is 0.368. The van der Waals surface area contributed by atoms with Crippen LogP contribution < -0.4 is 5.73 Å². The Labute approximate surface area is 152 Å². The number of primary amides is 1. The van der Waals surface area contributed by atoms with Gasteiger partial charge < -0.3 is 5.73 Å². The number of nitrogens with two attached hydrogens (primary N) is 1. The number of halogens is 3. The van der Waals surface area contributed by atoms with Crippen molar-refractivity contribution in [2.24, 2.45) is 5.73 Å². The Hall–Kier alpha value is -1.33. The minimum atomic E-state index is -0.765. The van der Waals surface area contributed by atoms with Gasteiger partial charge in [-0.25, -0.2) is 4.98 Å². The molecular formula is C16H11Cl3N2OS. The first-order chi connectivity index (χ1) is 10.9. The summed E-state index contributed by atoms with van der Waals surface area (Å²) in [6.45, 7) is 1.91. The number of hydrogen-bond donors (Lipinski definition) is 1. The molecule has 0 spiro atoms. The summed E-state index contributed by atoms with van der Waals surface area (Å²) < 4.78 is 0.960. The molecule has 0 saturated carbocycles. The topological polar surface area (TPSA) is 56.0 Å². The van der Waals surface area contributed by atoms with Crippen LogP contribution in [0.5, 0.6) is 0 Å². The van der Waals surface area contributed by atoms with Gasteiger partial charge in [0.15, 0.2) is 0 Å². The van der Waals surface area contributed by atoms with Crippen molar-refractivity contribution in [3.8, 4) is 0 Å². The summed E-state index contributed by atoms with van der Waals surface area (Å²) in [5, 5.41) is 2.17. The van der Waals surface area contributed by atoms with Gasteiger partial charge in [-0.3, -0.25) is 4.79 Å². The van der Waals surface area contributed by atoms with Gasteiger partial charge in [0, 0.05) is 10.0 Å². The molecule has 7 heteroatoms. The molecule has 0 aliphatic heterocycles. The molecule has 1 atom stereocenters. The molecule has 0 saturated heterocycles. The average Bonchev–Trinajstić information content (AvgIpc) is 2.85. The van der Waals surface area contributed by atoms with E-state index < -0.39 is 11.8 Å². The van der Waals surface area contributed by atoms with Crippen LogP contribution in [0.25, 0.3) is 10.2 Å². The molecule has 0 bridgehead atoms. The van der Waals surface area contributed by atoms with Crippen molar-refractivity contribution in [1.29, 1.82) is 0 Å². The van der Waals surface area contributed by atoms with E-state index in [9.17, 15) is 4.79 Å². The van der Waals surface area contributed by atoms with E-state index in [1.807, 2.05) is 13.0 Å². The van der Waals surface area contributed by atoms with Crippen LogP contribution in [0.4, 0.5) is 0 Å². The predicted molar refractivity (Wildman–Crippen MR) is 96.9 cm³/mol. The van der Waals surface area contributed by atoms with Crippen molar-refractivity contribution in [2.75, 3.05) is 0 Å². The first-order valence-corrected chi connectivity index (χ1v) is 8.63. The summed E-state index contributed by atoms with van der Waals surface area (Å²) in [5.41, 5.74) is 7.44. The number of amides is 1. The Kier molecular flexibility index (Phi) is 4.52. The molecule has 23 heavy (non-hydrogen) atoms. The summed E-state index contributed by atoms with van der Waals surface area (Å²) in [4.78, 5) is 16.5. The predicted octanol–water partition coefficient (Wildman–Crippen LogP) is 5.18. The molecule has 1 aromatic heterocycles. The van der Waals surface area contributed by atoms with Crippen LogP contribution in [-0.4, -0.2) is 10.9 Å². The fourth-order valence-corrected chi connectivity index (χ4v) is 4.25. The van der Waals surface area contributed by atoms with E-state index in [1.54, 1.807) is 35.6 Å². The average molecular weight is 386 g/mol. The van der Waals surface area contributed by atoms with E-state index in [0.29, 0.717) is 31.7 Å². The molecule has 1 heterocycles. The number of hydrogen-bond acceptors (Lipinski definition) is 3. The van der Waals surface area contributed by atoms with Crippen LogP contribution in [-0.2, 0) is 4.79 Å². The van der Waals surface area contributed by atoms with E-state index in [-0.39, 0.29) is 0 Å². The monoisotopic (exact) mass is 384 g/mol. The molecule has 2 aromatic carbocycles. The van der Waals surface area contributed by atoms with Gasteiger partial charge in [0.1, 0.15) is 5.52 Å². The highest BCUT2D eigenvalue weighted by atomic mass is 35.5. The zero-order valence-electron chi connectivity index (χ0n) is 11.9. The van der Waals surface area contributed by atoms with Gasteiger partial charge in [0.2, 0.25) is 5.91 Å². The maximum absolute atomic E-state index is 12.1. The van der Waals surface area contributed by atoms with Crippen molar-refractivity contribution >= 4 is 62.3 Å². The fourth-order valence-electron chi connectivity index (χ4n) is 2.52. The molecule has 0 aliphatic rings. The van der Waals surface area contributed by atoms with Gasteiger partial charge in [-0.2, -0.15) is 0 Å². The summed E-state index contributed by atoms with van der Waals surface area (Å²) in [6, 6.07) is 8.61. The normalized spacial score (nSPS) is 12.5. The van der Waals surface area contributed by atoms with Crippen molar-refractivity contribution in [3.05, 3.63) is 61.5 Å². The second-order valence-corrected chi connectivity index (χ2v) is 7.51. The Bertz CT molecular complexity index is 923. The van der Waals surface area contributed by atoms with Crippen LogP contribution in [0.15, 0.2) is 30.3 Å². The lowest BCUT2D eigenvalue weighted by Gasteiger charge is -2.17. The summed E-state index contributed by atoms with van der Waals surface area (Å²) in [6.07, 6.45) is 0. The van der Waals surface area contributed by atoms with Crippen LogP contribution in [0.3, 0.4) is 0 Å². The van der Waals surface area contributed by atoms with Crippen molar-refractivity contribution in [3.63, 3.8) is 0 Å². The number of nitrogens with zero attached hydrogens (tertiary/aromatic N) is 1. The number of aromatic nitrogens is 1. The number of rotatable bonds is 3. The molecule has 118 valence electrons. The first-order valence-electron chi connectivity index (χ1n) is 6.68. The molecule has 2 N–H and O–H groups in total. The molecule has 1 unspecified atom stereocenters. The summed E-state index contributed by atoms with van der Waals surface area (Å²) in [5.74, 6) is -1.30. The first kappa shape index (κ1) is 16.5. The van der Waals surface area contributed by atoms with E-state index in [4.69, 9.17) is 40.5 Å². The van der Waals surface area contributed by atoms with Gasteiger partial charge in [-0.1, -0.05) is 46.9 Å². The van der Waals surface area contributed by atoms with Crippen molar-refractivity contribution in [1.82, 2.24) is 4.98 Å². The van der Waals surface area contributed by atoms with Gasteiger partial charge in [-0.15, -0.1) is 11.3 Å². The van der Waals surface area contributed by atoms with E-state index >= 15 is 0 Å². The zero-order valence-corrected chi connectivity index (χ0v) is 15.0. The number of carbonyl (C=O) groups is 1. The molecule has 0 aliphatic carbocycles. The summed E-state index contributed by atoms with van der Waals surface area (Å²) >= 11 is 20.2. The lowest BCUT2D eigenvalue weighted by atomic mass is 9.90. The molecule has 1 amide bonds. The van der Waals surface area contributed by atoms with Crippen LogP contribution in [0.2, 0.25) is 15.1 Å². The quantitative estimate of drug-likeness (QED) is 0.675. The number of aryl methyl sites for hydroxylation is 1. The Morgan fingerprint density at radius 3 is 2.52 bits per heavy atom. The standard InChI is InChI=1S/C16H11Cl3N2OS/c1-7-21-15-12(23-7)5-4-10(14(15)19)13(16(20)22)9-3-2-8(17)6-11(9)18/h2-6,13H,1H3,(H2,20,22). The highest BCUT2D eigenvalue weighted by Gasteiger charge is 2.26. The number of benzene rings is 2. The van der Waals surface area contributed by atoms with Crippen LogP contribution in [0.1, 0.15) is 22.1 Å². The van der Waals surface area contributed by atoms with Gasteiger partial charge in [0.05, 0.1) is 20.6 Å². The fraction of sp³-hybridized carbons (Fsp3) is 0.125. The summed E-state index contributed by atoms with van der Waals surface area (Å²) in [7, 11) is 0. The van der Waals surface area contributed by atoms with Crippen molar-refractivity contribution < 1.29 is 4.79 Å². The van der Waals surface area contributed by atoms with Crippen LogP contribution in [0, 0.1) is 6.92 Å². The van der Waals surface area contributed by atoms with Crippen LogP contribution >= 0.6 is 46.1 Å². The highest BCUT2D eigenvalue weighted by molar-refractivity contribution is 7.18. The SMILES string of the molecule is Cc1nc2c(Cl)c(C(C(N)=O)c3ccc(Cl)cc3Cl)ccc2s1. The molecule has 3 rings (SSSR count). The largest absolute Gasteiger partial charge is 0.369 e. The van der Waals surface area contributed by atoms with Gasteiger partial charge >= 0.3 is 0 Å². The second kappa shape index (κ2) is 6.29. The highest BCUT2D eigenvalue weighted by Crippen LogP contribution is 2.39.